The van der Waals surface area contributed by atoms with Crippen molar-refractivity contribution in [1.29, 1.82) is 0 Å². The summed E-state index contributed by atoms with van der Waals surface area (Å²) in [5.41, 5.74) is 3.69. The largest absolute Gasteiger partial charge is 0.497 e. The number of ether oxygens (including phenoxy) is 1. The maximum absolute atomic E-state index is 12.8. The van der Waals surface area contributed by atoms with Gasteiger partial charge in [0, 0.05) is 41.4 Å². The minimum absolute atomic E-state index is 0.0696. The number of aromatic nitrogens is 1. The second kappa shape index (κ2) is 7.52. The molecule has 2 aromatic carbocycles. The van der Waals surface area contributed by atoms with Crippen LogP contribution in [0.1, 0.15) is 26.3 Å². The Bertz CT molecular complexity index is 1020. The highest BCUT2D eigenvalue weighted by Gasteiger charge is 2.26. The van der Waals surface area contributed by atoms with Gasteiger partial charge in [0.2, 0.25) is 0 Å². The van der Waals surface area contributed by atoms with Crippen molar-refractivity contribution in [2.24, 2.45) is 0 Å². The highest BCUT2D eigenvalue weighted by Crippen LogP contribution is 2.32. The lowest BCUT2D eigenvalue weighted by Gasteiger charge is -2.18. The monoisotopic (exact) mass is 373 g/mol. The van der Waals surface area contributed by atoms with Crippen LogP contribution in [0.2, 0.25) is 0 Å². The van der Waals surface area contributed by atoms with E-state index < -0.39 is 0 Å². The molecule has 1 aromatic heterocycles. The summed E-state index contributed by atoms with van der Waals surface area (Å²) in [6.45, 7) is 0.617. The van der Waals surface area contributed by atoms with Gasteiger partial charge in [0.25, 0.3) is 11.8 Å². The summed E-state index contributed by atoms with van der Waals surface area (Å²) in [6.07, 6.45) is 4.00. The summed E-state index contributed by atoms with van der Waals surface area (Å²) in [5.74, 6) is 0.409. The number of benzene rings is 2. The number of nitrogens with one attached hydrogen (secondary N) is 1. The van der Waals surface area contributed by atoms with Gasteiger partial charge in [0.05, 0.1) is 7.11 Å². The molecule has 0 spiro atoms. The number of fused-ring (bicyclic) bond motifs is 1. The third kappa shape index (κ3) is 3.44. The summed E-state index contributed by atoms with van der Waals surface area (Å²) < 4.78 is 5.12. The lowest BCUT2D eigenvalue weighted by atomic mass is 10.1. The molecule has 1 aliphatic heterocycles. The highest BCUT2D eigenvalue weighted by molar-refractivity contribution is 6.08. The van der Waals surface area contributed by atoms with Gasteiger partial charge in [-0.05, 0) is 60.5 Å². The molecule has 6 nitrogen and oxygen atoms in total. The Morgan fingerprint density at radius 1 is 1.00 bits per heavy atom. The molecular weight excluding hydrogens is 354 g/mol. The lowest BCUT2D eigenvalue weighted by molar-refractivity contribution is 0.0988. The predicted molar refractivity (Wildman–Crippen MR) is 107 cm³/mol. The van der Waals surface area contributed by atoms with E-state index >= 15 is 0 Å². The third-order valence-electron chi connectivity index (χ3n) is 4.76. The van der Waals surface area contributed by atoms with Gasteiger partial charge in [0.1, 0.15) is 5.75 Å². The van der Waals surface area contributed by atoms with Crippen LogP contribution in [-0.2, 0) is 6.42 Å². The van der Waals surface area contributed by atoms with Gasteiger partial charge in [-0.2, -0.15) is 0 Å². The molecule has 140 valence electrons. The molecule has 0 atom stereocenters. The highest BCUT2D eigenvalue weighted by atomic mass is 16.5. The number of nitrogens with zero attached hydrogens (tertiary/aromatic N) is 2. The first-order valence-corrected chi connectivity index (χ1v) is 8.96. The molecule has 6 heteroatoms. The number of methoxy groups -OCH3 is 1. The molecule has 1 N–H and O–H groups in total. The van der Waals surface area contributed by atoms with Crippen molar-refractivity contribution in [2.75, 3.05) is 23.9 Å². The zero-order valence-corrected chi connectivity index (χ0v) is 15.4. The van der Waals surface area contributed by atoms with Crippen molar-refractivity contribution in [2.45, 2.75) is 6.42 Å². The molecule has 0 fully saturated rings. The van der Waals surface area contributed by atoms with Crippen LogP contribution in [0.4, 0.5) is 11.4 Å². The second-order valence-electron chi connectivity index (χ2n) is 6.47. The van der Waals surface area contributed by atoms with Gasteiger partial charge < -0.3 is 15.0 Å². The molecule has 2 amide bonds. The average Bonchev–Trinajstić information content (AvgIpc) is 3.17. The predicted octanol–water partition coefficient (Wildman–Crippen LogP) is 3.55. The fourth-order valence-corrected chi connectivity index (χ4v) is 3.26. The van der Waals surface area contributed by atoms with E-state index in [1.54, 1.807) is 60.8 Å². The number of rotatable bonds is 4. The summed E-state index contributed by atoms with van der Waals surface area (Å²) in [7, 11) is 1.58. The molecule has 0 unspecified atom stereocenters. The number of carbonyl (C=O) groups excluding carboxylic acids is 2. The van der Waals surface area contributed by atoms with Crippen molar-refractivity contribution < 1.29 is 14.3 Å². The van der Waals surface area contributed by atoms with Gasteiger partial charge in [0.15, 0.2) is 0 Å². The van der Waals surface area contributed by atoms with Crippen LogP contribution in [0.5, 0.6) is 5.75 Å². The molecule has 2 heterocycles. The van der Waals surface area contributed by atoms with Crippen LogP contribution in [-0.4, -0.2) is 30.5 Å². The fourth-order valence-electron chi connectivity index (χ4n) is 3.26. The molecule has 1 aliphatic rings. The van der Waals surface area contributed by atoms with Gasteiger partial charge in [-0.25, -0.2) is 0 Å². The molecular formula is C22H19N3O3. The van der Waals surface area contributed by atoms with Crippen LogP contribution >= 0.6 is 0 Å². The molecule has 28 heavy (non-hydrogen) atoms. The number of carbonyl (C=O) groups is 2. The summed E-state index contributed by atoms with van der Waals surface area (Å²) >= 11 is 0. The lowest BCUT2D eigenvalue weighted by Crippen LogP contribution is -2.28. The Balaban J connectivity index is 1.55. The van der Waals surface area contributed by atoms with E-state index in [4.69, 9.17) is 4.74 Å². The van der Waals surface area contributed by atoms with E-state index in [9.17, 15) is 9.59 Å². The summed E-state index contributed by atoms with van der Waals surface area (Å²) in [6, 6.07) is 16.0. The number of hydrogen-bond donors (Lipinski definition) is 1. The number of anilines is 2. The van der Waals surface area contributed by atoms with Crippen molar-refractivity contribution in [3.8, 4) is 5.75 Å². The maximum Gasteiger partial charge on any atom is 0.258 e. The summed E-state index contributed by atoms with van der Waals surface area (Å²) in [5, 5.41) is 2.90. The topological polar surface area (TPSA) is 71.5 Å². The zero-order valence-electron chi connectivity index (χ0n) is 15.4. The van der Waals surface area contributed by atoms with Crippen molar-refractivity contribution in [3.05, 3.63) is 83.7 Å². The third-order valence-corrected chi connectivity index (χ3v) is 4.76. The van der Waals surface area contributed by atoms with Crippen LogP contribution < -0.4 is 15.0 Å². The number of hydrogen-bond acceptors (Lipinski definition) is 4. The second-order valence-corrected chi connectivity index (χ2v) is 6.47. The molecule has 0 radical (unpaired) electrons. The number of amides is 2. The number of pyridine rings is 1. The fraction of sp³-hybridized carbons (Fsp3) is 0.136. The molecule has 0 saturated heterocycles. The molecule has 4 rings (SSSR count). The average molecular weight is 373 g/mol. The van der Waals surface area contributed by atoms with Crippen molar-refractivity contribution in [1.82, 2.24) is 4.98 Å². The molecule has 0 aliphatic carbocycles. The Morgan fingerprint density at radius 3 is 2.46 bits per heavy atom. The maximum atomic E-state index is 12.8. The van der Waals surface area contributed by atoms with E-state index in [0.717, 1.165) is 17.7 Å². The van der Waals surface area contributed by atoms with Gasteiger partial charge in [-0.15, -0.1) is 0 Å². The van der Waals surface area contributed by atoms with Crippen molar-refractivity contribution in [3.63, 3.8) is 0 Å². The van der Waals surface area contributed by atoms with Crippen LogP contribution in [0, 0.1) is 0 Å². The minimum Gasteiger partial charge on any atom is -0.497 e. The first-order valence-electron chi connectivity index (χ1n) is 8.96. The Morgan fingerprint density at radius 2 is 1.75 bits per heavy atom. The van der Waals surface area contributed by atoms with Crippen LogP contribution in [0.3, 0.4) is 0 Å². The first kappa shape index (κ1) is 17.7. The van der Waals surface area contributed by atoms with Crippen molar-refractivity contribution >= 4 is 23.2 Å². The van der Waals surface area contributed by atoms with Gasteiger partial charge in [-0.1, -0.05) is 6.07 Å². The Hall–Kier alpha value is -3.67. The quantitative estimate of drug-likeness (QED) is 0.759. The van der Waals surface area contributed by atoms with Gasteiger partial charge >= 0.3 is 0 Å². The van der Waals surface area contributed by atoms with E-state index in [1.165, 1.54) is 0 Å². The molecule has 3 aromatic rings. The summed E-state index contributed by atoms with van der Waals surface area (Å²) in [4.78, 5) is 31.0. The smallest absolute Gasteiger partial charge is 0.258 e. The minimum atomic E-state index is -0.215. The van der Waals surface area contributed by atoms with Crippen LogP contribution in [0.15, 0.2) is 67.0 Å². The van der Waals surface area contributed by atoms with Crippen LogP contribution in [0.25, 0.3) is 0 Å². The SMILES string of the molecule is COc1ccc(C(=O)Nc2ccc3c(c2)N(C(=O)c2ccncc2)CC3)cc1. The van der Waals surface area contributed by atoms with E-state index in [1.807, 2.05) is 18.2 Å². The zero-order chi connectivity index (χ0) is 19.5. The first-order chi connectivity index (χ1) is 13.7. The van der Waals surface area contributed by atoms with E-state index in [2.05, 4.69) is 10.3 Å². The molecule has 0 saturated carbocycles. The molecule has 0 bridgehead atoms. The Kier molecular flexibility index (Phi) is 4.76. The van der Waals surface area contributed by atoms with E-state index in [-0.39, 0.29) is 11.8 Å². The van der Waals surface area contributed by atoms with E-state index in [0.29, 0.717) is 29.1 Å². The normalized spacial score (nSPS) is 12.4. The van der Waals surface area contributed by atoms with Gasteiger partial charge in [-0.3, -0.25) is 14.6 Å². The Labute approximate surface area is 162 Å². The standard InChI is InChI=1S/C22H19N3O3/c1-28-19-6-3-16(4-7-19)21(26)24-18-5-2-15-10-13-25(20(15)14-18)22(27)17-8-11-23-12-9-17/h2-9,11-12,14H,10,13H2,1H3,(H,24,26).